The van der Waals surface area contributed by atoms with Crippen molar-refractivity contribution >= 4 is 11.6 Å². The molecule has 0 radical (unpaired) electrons. The standard InChI is InChI=1S/C23H28FN3O/c1-17-13-19(24)7-8-22(17)26-11-9-20(10-12-26)25-21-14-23(28)27(16-21)15-18-5-3-2-4-6-18/h2-8,13,20-21,25H,9-12,14-16H2,1H3. The number of benzene rings is 2. The number of amides is 1. The van der Waals surface area contributed by atoms with Crippen LogP contribution in [0.3, 0.4) is 0 Å². The predicted octanol–water partition coefficient (Wildman–Crippen LogP) is 3.49. The molecule has 5 heteroatoms. The summed E-state index contributed by atoms with van der Waals surface area (Å²) in [7, 11) is 0. The molecule has 148 valence electrons. The number of nitrogens with zero attached hydrogens (tertiary/aromatic N) is 2. The molecule has 28 heavy (non-hydrogen) atoms. The zero-order valence-electron chi connectivity index (χ0n) is 16.4. The van der Waals surface area contributed by atoms with Crippen LogP contribution >= 0.6 is 0 Å². The number of carbonyl (C=O) groups is 1. The van der Waals surface area contributed by atoms with E-state index < -0.39 is 0 Å². The van der Waals surface area contributed by atoms with E-state index in [1.165, 1.54) is 11.6 Å². The second-order valence-electron chi connectivity index (χ2n) is 8.02. The molecular formula is C23H28FN3O. The summed E-state index contributed by atoms with van der Waals surface area (Å²) in [6, 6.07) is 15.9. The van der Waals surface area contributed by atoms with Crippen LogP contribution < -0.4 is 10.2 Å². The first-order valence-electron chi connectivity index (χ1n) is 10.2. The highest BCUT2D eigenvalue weighted by molar-refractivity contribution is 5.79. The molecule has 0 aromatic heterocycles. The van der Waals surface area contributed by atoms with E-state index in [-0.39, 0.29) is 17.8 Å². The molecule has 1 unspecified atom stereocenters. The molecule has 0 saturated carbocycles. The van der Waals surface area contributed by atoms with Gasteiger partial charge in [0.2, 0.25) is 5.91 Å². The molecule has 0 bridgehead atoms. The second-order valence-corrected chi connectivity index (χ2v) is 8.02. The summed E-state index contributed by atoms with van der Waals surface area (Å²) >= 11 is 0. The third-order valence-electron chi connectivity index (χ3n) is 5.90. The van der Waals surface area contributed by atoms with Crippen molar-refractivity contribution in [2.45, 2.75) is 44.8 Å². The van der Waals surface area contributed by atoms with E-state index in [1.807, 2.05) is 36.1 Å². The molecule has 2 saturated heterocycles. The van der Waals surface area contributed by atoms with Gasteiger partial charge in [0, 0.05) is 50.4 Å². The van der Waals surface area contributed by atoms with Gasteiger partial charge in [0.15, 0.2) is 0 Å². The summed E-state index contributed by atoms with van der Waals surface area (Å²) < 4.78 is 13.3. The largest absolute Gasteiger partial charge is 0.371 e. The number of carbonyl (C=O) groups excluding carboxylic acids is 1. The van der Waals surface area contributed by atoms with Gasteiger partial charge in [0.25, 0.3) is 0 Å². The Kier molecular flexibility index (Phi) is 5.62. The lowest BCUT2D eigenvalue weighted by Crippen LogP contribution is -2.47. The normalized spacial score (nSPS) is 20.8. The Balaban J connectivity index is 1.27. The fourth-order valence-electron chi connectivity index (χ4n) is 4.43. The minimum Gasteiger partial charge on any atom is -0.371 e. The number of hydrogen-bond donors (Lipinski definition) is 1. The fraction of sp³-hybridized carbons (Fsp3) is 0.435. The van der Waals surface area contributed by atoms with Crippen molar-refractivity contribution in [3.05, 3.63) is 65.5 Å². The number of anilines is 1. The molecule has 2 aromatic carbocycles. The van der Waals surface area contributed by atoms with E-state index >= 15 is 0 Å². The maximum atomic E-state index is 13.3. The lowest BCUT2D eigenvalue weighted by Gasteiger charge is -2.36. The lowest BCUT2D eigenvalue weighted by atomic mass is 10.0. The highest BCUT2D eigenvalue weighted by atomic mass is 19.1. The summed E-state index contributed by atoms with van der Waals surface area (Å²) in [5.41, 5.74) is 3.30. The first-order valence-corrected chi connectivity index (χ1v) is 10.2. The molecule has 2 aliphatic rings. The molecule has 2 heterocycles. The zero-order chi connectivity index (χ0) is 19.5. The minimum atomic E-state index is -0.177. The van der Waals surface area contributed by atoms with Crippen LogP contribution in [-0.2, 0) is 11.3 Å². The Hall–Kier alpha value is -2.40. The SMILES string of the molecule is Cc1cc(F)ccc1N1CCC(NC2CC(=O)N(Cc3ccccc3)C2)CC1. The molecule has 2 aromatic rings. The van der Waals surface area contributed by atoms with Gasteiger partial charge in [-0.3, -0.25) is 4.79 Å². The molecule has 4 rings (SSSR count). The van der Waals surface area contributed by atoms with Gasteiger partial charge in [-0.05, 0) is 49.1 Å². The Morgan fingerprint density at radius 3 is 2.54 bits per heavy atom. The molecule has 0 spiro atoms. The topological polar surface area (TPSA) is 35.6 Å². The Morgan fingerprint density at radius 2 is 1.82 bits per heavy atom. The number of piperidine rings is 1. The van der Waals surface area contributed by atoms with Crippen molar-refractivity contribution < 1.29 is 9.18 Å². The first-order chi connectivity index (χ1) is 13.6. The van der Waals surface area contributed by atoms with Gasteiger partial charge in [-0.1, -0.05) is 30.3 Å². The van der Waals surface area contributed by atoms with Crippen LogP contribution in [0.4, 0.5) is 10.1 Å². The van der Waals surface area contributed by atoms with Crippen LogP contribution in [0.25, 0.3) is 0 Å². The van der Waals surface area contributed by atoms with Gasteiger partial charge >= 0.3 is 0 Å². The van der Waals surface area contributed by atoms with Gasteiger partial charge in [-0.15, -0.1) is 0 Å². The highest BCUT2D eigenvalue weighted by Gasteiger charge is 2.31. The fourth-order valence-corrected chi connectivity index (χ4v) is 4.43. The number of hydrogen-bond acceptors (Lipinski definition) is 3. The summed E-state index contributed by atoms with van der Waals surface area (Å²) in [6.07, 6.45) is 2.67. The first kappa shape index (κ1) is 18.9. The maximum Gasteiger partial charge on any atom is 0.224 e. The average molecular weight is 381 g/mol. The summed E-state index contributed by atoms with van der Waals surface area (Å²) in [4.78, 5) is 16.7. The van der Waals surface area contributed by atoms with E-state index in [9.17, 15) is 9.18 Å². The lowest BCUT2D eigenvalue weighted by molar-refractivity contribution is -0.128. The van der Waals surface area contributed by atoms with Gasteiger partial charge < -0.3 is 15.1 Å². The quantitative estimate of drug-likeness (QED) is 0.861. The van der Waals surface area contributed by atoms with E-state index in [0.29, 0.717) is 19.0 Å². The number of halogens is 1. The number of likely N-dealkylation sites (tertiary alicyclic amines) is 1. The average Bonchev–Trinajstić information content (AvgIpc) is 3.02. The summed E-state index contributed by atoms with van der Waals surface area (Å²) in [6.45, 7) is 5.36. The van der Waals surface area contributed by atoms with Crippen LogP contribution in [0.5, 0.6) is 0 Å². The minimum absolute atomic E-state index is 0.177. The molecule has 4 nitrogen and oxygen atoms in total. The predicted molar refractivity (Wildman–Crippen MR) is 110 cm³/mol. The Labute approximate surface area is 166 Å². The molecular weight excluding hydrogens is 353 g/mol. The van der Waals surface area contributed by atoms with Gasteiger partial charge in [0.05, 0.1) is 0 Å². The van der Waals surface area contributed by atoms with Crippen LogP contribution in [0.15, 0.2) is 48.5 Å². The molecule has 1 atom stereocenters. The van der Waals surface area contributed by atoms with Gasteiger partial charge in [-0.2, -0.15) is 0 Å². The van der Waals surface area contributed by atoms with Crippen molar-refractivity contribution in [3.8, 4) is 0 Å². The molecule has 2 fully saturated rings. The maximum absolute atomic E-state index is 13.3. The second kappa shape index (κ2) is 8.31. The number of aryl methyl sites for hydroxylation is 1. The molecule has 1 N–H and O–H groups in total. The Morgan fingerprint density at radius 1 is 1.07 bits per heavy atom. The van der Waals surface area contributed by atoms with Crippen LogP contribution in [-0.4, -0.2) is 42.5 Å². The van der Waals surface area contributed by atoms with E-state index in [4.69, 9.17) is 0 Å². The molecule has 2 aliphatic heterocycles. The van der Waals surface area contributed by atoms with Crippen LogP contribution in [0, 0.1) is 12.7 Å². The smallest absolute Gasteiger partial charge is 0.224 e. The van der Waals surface area contributed by atoms with Crippen LogP contribution in [0.2, 0.25) is 0 Å². The summed E-state index contributed by atoms with van der Waals surface area (Å²) in [5.74, 6) is 0.0597. The molecule has 1 amide bonds. The van der Waals surface area contributed by atoms with Crippen LogP contribution in [0.1, 0.15) is 30.4 Å². The van der Waals surface area contributed by atoms with Crippen molar-refractivity contribution in [2.24, 2.45) is 0 Å². The van der Waals surface area contributed by atoms with Gasteiger partial charge in [-0.25, -0.2) is 4.39 Å². The third-order valence-corrected chi connectivity index (χ3v) is 5.90. The molecule has 0 aliphatic carbocycles. The van der Waals surface area contributed by atoms with Gasteiger partial charge in [0.1, 0.15) is 5.82 Å². The van der Waals surface area contributed by atoms with Crippen molar-refractivity contribution in [2.75, 3.05) is 24.5 Å². The van der Waals surface area contributed by atoms with E-state index in [1.54, 1.807) is 6.07 Å². The number of rotatable bonds is 5. The van der Waals surface area contributed by atoms with E-state index in [2.05, 4.69) is 22.3 Å². The van der Waals surface area contributed by atoms with Crippen molar-refractivity contribution in [3.63, 3.8) is 0 Å². The van der Waals surface area contributed by atoms with E-state index in [0.717, 1.165) is 43.7 Å². The van der Waals surface area contributed by atoms with Crippen molar-refractivity contribution in [1.82, 2.24) is 10.2 Å². The third kappa shape index (κ3) is 4.36. The highest BCUT2D eigenvalue weighted by Crippen LogP contribution is 2.25. The zero-order valence-corrected chi connectivity index (χ0v) is 16.4. The number of nitrogens with one attached hydrogen (secondary N) is 1. The summed E-state index contributed by atoms with van der Waals surface area (Å²) in [5, 5.41) is 3.71. The Bertz CT molecular complexity index is 818. The van der Waals surface area contributed by atoms with Crippen molar-refractivity contribution in [1.29, 1.82) is 0 Å². The monoisotopic (exact) mass is 381 g/mol.